The molecule has 0 saturated heterocycles. The van der Waals surface area contributed by atoms with E-state index < -0.39 is 57.0 Å². The molecule has 6 atom stereocenters. The van der Waals surface area contributed by atoms with Crippen LogP contribution in [0.15, 0.2) is 36.4 Å². The number of ether oxygens (including phenoxy) is 3. The van der Waals surface area contributed by atoms with E-state index in [0.29, 0.717) is 29.5 Å². The zero-order valence-electron chi connectivity index (χ0n) is 28.5. The summed E-state index contributed by atoms with van der Waals surface area (Å²) in [5, 5.41) is 11.3. The van der Waals surface area contributed by atoms with Gasteiger partial charge in [0, 0.05) is 23.7 Å². The smallest absolute Gasteiger partial charge is 0.320 e. The molecule has 2 aromatic rings. The molecule has 0 unspecified atom stereocenters. The number of benzene rings is 2. The maximum atomic E-state index is 13.6. The zero-order chi connectivity index (χ0) is 35.5. The molecule has 268 valence electrons. The monoisotopic (exact) mass is 718 g/mol. The third-order valence-corrected chi connectivity index (χ3v) is 12.9. The predicted molar refractivity (Wildman–Crippen MR) is 185 cm³/mol. The summed E-state index contributed by atoms with van der Waals surface area (Å²) in [6.45, 7) is 4.67. The number of halogens is 1. The largest absolute Gasteiger partial charge is 0.487 e. The summed E-state index contributed by atoms with van der Waals surface area (Å²) in [5.41, 5.74) is 2.98. The summed E-state index contributed by atoms with van der Waals surface area (Å²) in [7, 11) is -1.86. The SMILES string of the molecule is COC(=O)C(C(=O)OC)[C@@H]1C[C@@H](O)[C@@H]2CC[C@H]2CN2CCCCc3cc(Cl)ccc3COc3ccc(cc32)C(=O)NS(=O)(=O)[C@H](C)[C@@H](C)C1. The number of esters is 2. The number of methoxy groups -OCH3 is 2. The Balaban J connectivity index is 1.55. The first-order valence-corrected chi connectivity index (χ1v) is 18.9. The highest BCUT2D eigenvalue weighted by molar-refractivity contribution is 7.90. The van der Waals surface area contributed by atoms with Crippen LogP contribution in [0.2, 0.25) is 5.02 Å². The summed E-state index contributed by atoms with van der Waals surface area (Å²) in [6.07, 6.45) is 3.46. The maximum Gasteiger partial charge on any atom is 0.320 e. The number of anilines is 1. The molecule has 1 aliphatic carbocycles. The summed E-state index contributed by atoms with van der Waals surface area (Å²) in [6, 6.07) is 10.7. The van der Waals surface area contributed by atoms with Crippen LogP contribution in [0.1, 0.15) is 73.9 Å². The van der Waals surface area contributed by atoms with Gasteiger partial charge in [-0.3, -0.25) is 14.4 Å². The molecule has 2 aromatic carbocycles. The van der Waals surface area contributed by atoms with Crippen LogP contribution in [-0.4, -0.2) is 70.0 Å². The molecule has 13 heteroatoms. The zero-order valence-corrected chi connectivity index (χ0v) is 30.1. The molecule has 1 fully saturated rings. The van der Waals surface area contributed by atoms with E-state index in [-0.39, 0.29) is 36.8 Å². The van der Waals surface area contributed by atoms with Gasteiger partial charge in [0.15, 0.2) is 5.92 Å². The summed E-state index contributed by atoms with van der Waals surface area (Å²) < 4.78 is 45.8. The first-order chi connectivity index (χ1) is 23.3. The van der Waals surface area contributed by atoms with Gasteiger partial charge in [0.05, 0.1) is 31.3 Å². The molecular formula is C36H47ClN2O9S. The minimum atomic E-state index is -4.21. The molecule has 49 heavy (non-hydrogen) atoms. The fourth-order valence-electron chi connectivity index (χ4n) is 7.54. The average Bonchev–Trinajstić information content (AvgIpc) is 3.08. The van der Waals surface area contributed by atoms with Crippen molar-refractivity contribution in [1.82, 2.24) is 4.72 Å². The van der Waals surface area contributed by atoms with Crippen molar-refractivity contribution < 1.29 is 42.1 Å². The van der Waals surface area contributed by atoms with Gasteiger partial charge in [-0.25, -0.2) is 13.1 Å². The number of sulfonamides is 1. The van der Waals surface area contributed by atoms with E-state index in [9.17, 15) is 27.9 Å². The first kappa shape index (κ1) is 36.9. The lowest BCUT2D eigenvalue weighted by atomic mass is 9.67. The van der Waals surface area contributed by atoms with Gasteiger partial charge < -0.3 is 24.2 Å². The Hall–Kier alpha value is -3.35. The van der Waals surface area contributed by atoms with Gasteiger partial charge in [-0.1, -0.05) is 24.6 Å². The average molecular weight is 719 g/mol. The van der Waals surface area contributed by atoms with E-state index in [4.69, 9.17) is 25.8 Å². The fourth-order valence-corrected chi connectivity index (χ4v) is 9.01. The van der Waals surface area contributed by atoms with Crippen molar-refractivity contribution in [2.24, 2.45) is 29.6 Å². The number of carbonyl (C=O) groups is 3. The van der Waals surface area contributed by atoms with Crippen molar-refractivity contribution in [3.05, 3.63) is 58.1 Å². The van der Waals surface area contributed by atoms with Crippen molar-refractivity contribution in [3.8, 4) is 5.75 Å². The van der Waals surface area contributed by atoms with E-state index in [0.717, 1.165) is 43.2 Å². The second-order valence-electron chi connectivity index (χ2n) is 13.8. The molecule has 5 rings (SSSR count). The van der Waals surface area contributed by atoms with Crippen molar-refractivity contribution in [1.29, 1.82) is 0 Å². The molecule has 11 nitrogen and oxygen atoms in total. The highest BCUT2D eigenvalue weighted by Gasteiger charge is 2.44. The van der Waals surface area contributed by atoms with Crippen molar-refractivity contribution in [2.75, 3.05) is 32.2 Å². The molecule has 1 amide bonds. The van der Waals surface area contributed by atoms with E-state index in [1.54, 1.807) is 25.1 Å². The molecular weight excluding hydrogens is 672 g/mol. The van der Waals surface area contributed by atoms with Gasteiger partial charge in [-0.2, -0.15) is 0 Å². The molecule has 2 bridgehead atoms. The Morgan fingerprint density at radius 1 is 1.02 bits per heavy atom. The number of nitrogens with zero attached hydrogens (tertiary/aromatic N) is 1. The number of nitrogens with one attached hydrogen (secondary N) is 1. The van der Waals surface area contributed by atoms with Crippen LogP contribution in [0.4, 0.5) is 5.69 Å². The second kappa shape index (κ2) is 15.7. The normalized spacial score (nSPS) is 27.6. The molecule has 2 N–H and O–H groups in total. The van der Waals surface area contributed by atoms with Gasteiger partial charge in [-0.15, -0.1) is 0 Å². The first-order valence-electron chi connectivity index (χ1n) is 17.0. The Morgan fingerprint density at radius 3 is 2.43 bits per heavy atom. The number of rotatable bonds is 3. The lowest BCUT2D eigenvalue weighted by Crippen LogP contribution is -2.46. The van der Waals surface area contributed by atoms with E-state index in [2.05, 4.69) is 9.62 Å². The molecule has 0 aromatic heterocycles. The maximum absolute atomic E-state index is 13.6. The molecule has 0 spiro atoms. The molecule has 2 aliphatic heterocycles. The van der Waals surface area contributed by atoms with Gasteiger partial charge in [0.25, 0.3) is 5.91 Å². The van der Waals surface area contributed by atoms with Crippen LogP contribution < -0.4 is 14.4 Å². The number of carbonyl (C=O) groups excluding carboxylic acids is 3. The van der Waals surface area contributed by atoms with Crippen molar-refractivity contribution >= 4 is 45.2 Å². The number of fused-ring (bicyclic) bond motifs is 3. The number of aliphatic hydroxyl groups is 1. The van der Waals surface area contributed by atoms with E-state index >= 15 is 0 Å². The lowest BCUT2D eigenvalue weighted by molar-refractivity contribution is -0.162. The molecule has 2 heterocycles. The Kier molecular flexibility index (Phi) is 11.8. The van der Waals surface area contributed by atoms with E-state index in [1.165, 1.54) is 21.1 Å². The van der Waals surface area contributed by atoms with Crippen LogP contribution in [-0.2, 0) is 42.1 Å². The van der Waals surface area contributed by atoms with Crippen LogP contribution in [0.3, 0.4) is 0 Å². The van der Waals surface area contributed by atoms with Gasteiger partial charge in [0.2, 0.25) is 10.0 Å². The summed E-state index contributed by atoms with van der Waals surface area (Å²) in [4.78, 5) is 41.6. The Labute approximate surface area is 293 Å². The van der Waals surface area contributed by atoms with Crippen LogP contribution in [0.5, 0.6) is 5.75 Å². The highest BCUT2D eigenvalue weighted by Crippen LogP contribution is 2.43. The fraction of sp³-hybridized carbons (Fsp3) is 0.583. The minimum absolute atomic E-state index is 0.0736. The van der Waals surface area contributed by atoms with Crippen LogP contribution in [0, 0.1) is 29.6 Å². The standard InChI is InChI=1S/C36H47ClN2O9S/c1-21-15-27(33(35(42)46-3)36(43)47-4)18-31(40)29-12-9-25(29)19-39-14-6-5-7-23-16-28(37)11-8-26(23)20-48-32-13-10-24(17-30(32)39)34(41)38-49(44,45)22(21)2/h8,10-11,13,16-17,21-22,25,27,29,31,33,40H,5-7,9,12,14-15,18-20H2,1-4H3,(H,38,41)/t21-,22+,25-,27-,29+,31+/m0/s1. The molecule has 1 saturated carbocycles. The number of aryl methyl sites for hydroxylation is 1. The van der Waals surface area contributed by atoms with Crippen LogP contribution >= 0.6 is 11.6 Å². The van der Waals surface area contributed by atoms with Gasteiger partial charge in [-0.05, 0) is 117 Å². The van der Waals surface area contributed by atoms with E-state index in [1.807, 2.05) is 18.2 Å². The van der Waals surface area contributed by atoms with Crippen molar-refractivity contribution in [2.45, 2.75) is 76.8 Å². The quantitative estimate of drug-likeness (QED) is 0.332. The molecule has 0 radical (unpaired) electrons. The number of aliphatic hydroxyl groups excluding tert-OH is 1. The topological polar surface area (TPSA) is 149 Å². The lowest BCUT2D eigenvalue weighted by Gasteiger charge is -2.44. The highest BCUT2D eigenvalue weighted by atomic mass is 35.5. The van der Waals surface area contributed by atoms with Gasteiger partial charge in [0.1, 0.15) is 12.4 Å². The van der Waals surface area contributed by atoms with Crippen molar-refractivity contribution in [3.63, 3.8) is 0 Å². The predicted octanol–water partition coefficient (Wildman–Crippen LogP) is 4.91. The van der Waals surface area contributed by atoms with Gasteiger partial charge >= 0.3 is 11.9 Å². The Bertz CT molecular complexity index is 1630. The number of amides is 1. The van der Waals surface area contributed by atoms with Crippen LogP contribution in [0.25, 0.3) is 0 Å². The minimum Gasteiger partial charge on any atom is -0.487 e. The number of hydrogen-bond acceptors (Lipinski definition) is 10. The summed E-state index contributed by atoms with van der Waals surface area (Å²) >= 11 is 6.32. The third kappa shape index (κ3) is 8.35. The second-order valence-corrected chi connectivity index (χ2v) is 16.2. The Morgan fingerprint density at radius 2 is 1.76 bits per heavy atom. The number of hydrogen-bond donors (Lipinski definition) is 2. The molecule has 3 aliphatic rings. The third-order valence-electron chi connectivity index (χ3n) is 10.8. The summed E-state index contributed by atoms with van der Waals surface area (Å²) in [5.74, 6) is -4.59.